The molecule has 0 radical (unpaired) electrons. The van der Waals surface area contributed by atoms with E-state index in [2.05, 4.69) is 10.0 Å². The van der Waals surface area contributed by atoms with E-state index in [-0.39, 0.29) is 16.6 Å². The quantitative estimate of drug-likeness (QED) is 0.677. The number of phenolic OH excluding ortho intramolecular Hbond substituents is 1. The summed E-state index contributed by atoms with van der Waals surface area (Å²) in [5.41, 5.74) is 0.543. The summed E-state index contributed by atoms with van der Waals surface area (Å²) in [4.78, 5) is 12.7. The fraction of sp³-hybridized carbons (Fsp3) is 0.350. The maximum atomic E-state index is 12.7. The maximum absolute atomic E-state index is 12.7. The van der Waals surface area contributed by atoms with Gasteiger partial charge >= 0.3 is 0 Å². The Morgan fingerprint density at radius 2 is 1.63 bits per heavy atom. The highest BCUT2D eigenvalue weighted by molar-refractivity contribution is 7.89. The Kier molecular flexibility index (Phi) is 6.62. The number of hydrogen-bond donors (Lipinski definition) is 3. The van der Waals surface area contributed by atoms with Crippen molar-refractivity contribution in [1.82, 2.24) is 10.0 Å². The molecule has 2 rings (SSSR count). The van der Waals surface area contributed by atoms with Gasteiger partial charge in [-0.1, -0.05) is 30.3 Å². The molecule has 0 aliphatic heterocycles. The molecule has 3 N–H and O–H groups in total. The number of carbonyl (C=O) groups is 1. The summed E-state index contributed by atoms with van der Waals surface area (Å²) < 4.78 is 27.8. The molecular weight excluding hydrogens is 364 g/mol. The smallest absolute Gasteiger partial charge is 0.241 e. The highest BCUT2D eigenvalue weighted by Crippen LogP contribution is 2.16. The SMILES string of the molecule is CC(C)(C)NC(=O)C(CCc1ccccc1)NS(=O)(=O)c1ccc(O)cc1. The van der Waals surface area contributed by atoms with Crippen LogP contribution in [0.25, 0.3) is 0 Å². The van der Waals surface area contributed by atoms with Gasteiger partial charge in [-0.25, -0.2) is 8.42 Å². The van der Waals surface area contributed by atoms with Gasteiger partial charge in [-0.3, -0.25) is 4.79 Å². The van der Waals surface area contributed by atoms with Gasteiger partial charge in [0.25, 0.3) is 0 Å². The molecule has 1 amide bonds. The monoisotopic (exact) mass is 390 g/mol. The number of aryl methyl sites for hydroxylation is 1. The lowest BCUT2D eigenvalue weighted by atomic mass is 10.0. The van der Waals surface area contributed by atoms with Crippen molar-refractivity contribution >= 4 is 15.9 Å². The molecule has 2 aromatic carbocycles. The third-order valence-electron chi connectivity index (χ3n) is 3.82. The predicted molar refractivity (Wildman–Crippen MR) is 105 cm³/mol. The fourth-order valence-corrected chi connectivity index (χ4v) is 3.77. The number of phenols is 1. The van der Waals surface area contributed by atoms with E-state index >= 15 is 0 Å². The van der Waals surface area contributed by atoms with Crippen LogP contribution >= 0.6 is 0 Å². The second kappa shape index (κ2) is 8.54. The third-order valence-corrected chi connectivity index (χ3v) is 5.31. The summed E-state index contributed by atoms with van der Waals surface area (Å²) in [5, 5.41) is 12.2. The lowest BCUT2D eigenvalue weighted by Crippen LogP contribution is -2.52. The van der Waals surface area contributed by atoms with Crippen molar-refractivity contribution in [1.29, 1.82) is 0 Å². The molecule has 0 aliphatic rings. The molecule has 0 bridgehead atoms. The van der Waals surface area contributed by atoms with E-state index in [4.69, 9.17) is 0 Å². The molecule has 0 aliphatic carbocycles. The van der Waals surface area contributed by atoms with Crippen molar-refractivity contribution in [2.24, 2.45) is 0 Å². The van der Waals surface area contributed by atoms with Crippen LogP contribution in [-0.4, -0.2) is 31.0 Å². The number of hydrogen-bond acceptors (Lipinski definition) is 4. The summed E-state index contributed by atoms with van der Waals surface area (Å²) in [6, 6.07) is 13.9. The first kappa shape index (κ1) is 20.9. The topological polar surface area (TPSA) is 95.5 Å². The summed E-state index contributed by atoms with van der Waals surface area (Å²) >= 11 is 0. The van der Waals surface area contributed by atoms with E-state index in [1.54, 1.807) is 0 Å². The molecule has 0 heterocycles. The second-order valence-corrected chi connectivity index (χ2v) is 9.15. The highest BCUT2D eigenvalue weighted by Gasteiger charge is 2.28. The van der Waals surface area contributed by atoms with Gasteiger partial charge in [0.05, 0.1) is 4.90 Å². The van der Waals surface area contributed by atoms with E-state index in [1.807, 2.05) is 51.1 Å². The Balaban J connectivity index is 2.19. The molecular formula is C20H26N2O4S. The zero-order chi connectivity index (χ0) is 20.1. The van der Waals surface area contributed by atoms with E-state index < -0.39 is 21.6 Å². The fourth-order valence-electron chi connectivity index (χ4n) is 2.54. The molecule has 0 aromatic heterocycles. The minimum atomic E-state index is -3.90. The first-order chi connectivity index (χ1) is 12.6. The average molecular weight is 391 g/mol. The Hall–Kier alpha value is -2.38. The number of aromatic hydroxyl groups is 1. The largest absolute Gasteiger partial charge is 0.508 e. The first-order valence-electron chi connectivity index (χ1n) is 8.74. The molecule has 27 heavy (non-hydrogen) atoms. The van der Waals surface area contributed by atoms with Crippen molar-refractivity contribution in [3.8, 4) is 5.75 Å². The third kappa shape index (κ3) is 6.69. The summed E-state index contributed by atoms with van der Waals surface area (Å²) in [5.74, 6) is -0.402. The van der Waals surface area contributed by atoms with Crippen LogP contribution in [0.2, 0.25) is 0 Å². The van der Waals surface area contributed by atoms with Crippen LogP contribution in [0.15, 0.2) is 59.5 Å². The van der Waals surface area contributed by atoms with E-state index in [0.717, 1.165) is 5.56 Å². The molecule has 1 atom stereocenters. The van der Waals surface area contributed by atoms with Crippen LogP contribution in [0.3, 0.4) is 0 Å². The Morgan fingerprint density at radius 1 is 1.04 bits per heavy atom. The Morgan fingerprint density at radius 3 is 2.19 bits per heavy atom. The summed E-state index contributed by atoms with van der Waals surface area (Å²) in [7, 11) is -3.90. The molecule has 0 saturated heterocycles. The lowest BCUT2D eigenvalue weighted by molar-refractivity contribution is -0.124. The van der Waals surface area contributed by atoms with Crippen molar-refractivity contribution in [3.05, 3.63) is 60.2 Å². The van der Waals surface area contributed by atoms with Gasteiger partial charge in [-0.05, 0) is 63.4 Å². The zero-order valence-electron chi connectivity index (χ0n) is 15.8. The minimum absolute atomic E-state index is 0.00595. The van der Waals surface area contributed by atoms with E-state index in [1.165, 1.54) is 24.3 Å². The van der Waals surface area contributed by atoms with Crippen LogP contribution in [0.1, 0.15) is 32.8 Å². The van der Waals surface area contributed by atoms with E-state index in [0.29, 0.717) is 12.8 Å². The van der Waals surface area contributed by atoms with Gasteiger partial charge in [0.2, 0.25) is 15.9 Å². The lowest BCUT2D eigenvalue weighted by Gasteiger charge is -2.25. The molecule has 7 heteroatoms. The molecule has 0 spiro atoms. The molecule has 0 fully saturated rings. The van der Waals surface area contributed by atoms with Gasteiger partial charge in [0.15, 0.2) is 0 Å². The molecule has 6 nitrogen and oxygen atoms in total. The average Bonchev–Trinajstić information content (AvgIpc) is 2.58. The predicted octanol–water partition coefficient (Wildman–Crippen LogP) is 2.59. The maximum Gasteiger partial charge on any atom is 0.241 e. The van der Waals surface area contributed by atoms with Gasteiger partial charge < -0.3 is 10.4 Å². The van der Waals surface area contributed by atoms with Crippen LogP contribution < -0.4 is 10.0 Å². The van der Waals surface area contributed by atoms with E-state index in [9.17, 15) is 18.3 Å². The number of benzene rings is 2. The van der Waals surface area contributed by atoms with Gasteiger partial charge in [0, 0.05) is 5.54 Å². The second-order valence-electron chi connectivity index (χ2n) is 7.43. The van der Waals surface area contributed by atoms with Crippen LogP contribution in [0.5, 0.6) is 5.75 Å². The van der Waals surface area contributed by atoms with Crippen LogP contribution in [-0.2, 0) is 21.2 Å². The van der Waals surface area contributed by atoms with Crippen molar-refractivity contribution in [3.63, 3.8) is 0 Å². The standard InChI is InChI=1S/C20H26N2O4S/c1-20(2,3)21-19(24)18(14-9-15-7-5-4-6-8-15)22-27(25,26)17-12-10-16(23)11-13-17/h4-8,10-13,18,22-23H,9,14H2,1-3H3,(H,21,24). The minimum Gasteiger partial charge on any atom is -0.508 e. The molecule has 2 aromatic rings. The van der Waals surface area contributed by atoms with Gasteiger partial charge in [-0.15, -0.1) is 0 Å². The number of sulfonamides is 1. The van der Waals surface area contributed by atoms with Crippen LogP contribution in [0.4, 0.5) is 0 Å². The zero-order valence-corrected chi connectivity index (χ0v) is 16.6. The molecule has 1 unspecified atom stereocenters. The first-order valence-corrected chi connectivity index (χ1v) is 10.2. The van der Waals surface area contributed by atoms with Gasteiger partial charge in [0.1, 0.15) is 11.8 Å². The number of rotatable bonds is 7. The number of amides is 1. The normalized spacial score (nSPS) is 13.1. The molecule has 146 valence electrons. The van der Waals surface area contributed by atoms with Crippen molar-refractivity contribution < 1.29 is 18.3 Å². The molecule has 0 saturated carbocycles. The highest BCUT2D eigenvalue weighted by atomic mass is 32.2. The number of nitrogens with one attached hydrogen (secondary N) is 2. The van der Waals surface area contributed by atoms with Crippen molar-refractivity contribution in [2.45, 2.75) is 50.1 Å². The summed E-state index contributed by atoms with van der Waals surface area (Å²) in [6.45, 7) is 5.52. The summed E-state index contributed by atoms with van der Waals surface area (Å²) in [6.07, 6.45) is 0.879. The van der Waals surface area contributed by atoms with Crippen LogP contribution in [0, 0.1) is 0 Å². The Bertz CT molecular complexity index is 857. The number of carbonyl (C=O) groups excluding carboxylic acids is 1. The Labute approximate surface area is 160 Å². The van der Waals surface area contributed by atoms with Gasteiger partial charge in [-0.2, -0.15) is 4.72 Å². The van der Waals surface area contributed by atoms with Crippen molar-refractivity contribution in [2.75, 3.05) is 0 Å².